The first kappa shape index (κ1) is 12.5. The van der Waals surface area contributed by atoms with E-state index in [1.165, 1.54) is 10.4 Å². The summed E-state index contributed by atoms with van der Waals surface area (Å²) < 4.78 is 18.9. The van der Waals surface area contributed by atoms with Crippen molar-refractivity contribution in [3.63, 3.8) is 0 Å². The van der Waals surface area contributed by atoms with Gasteiger partial charge in [0.25, 0.3) is 0 Å². The van der Waals surface area contributed by atoms with E-state index in [0.717, 1.165) is 11.2 Å². The number of benzene rings is 1. The van der Waals surface area contributed by atoms with Gasteiger partial charge in [-0.05, 0) is 41.5 Å². The number of aromatic nitrogens is 1. The van der Waals surface area contributed by atoms with E-state index in [-0.39, 0.29) is 12.8 Å². The minimum absolute atomic E-state index is 0.0709. The molecule has 0 saturated heterocycles. The maximum atomic E-state index is 8.40. The van der Waals surface area contributed by atoms with Crippen LogP contribution in [0.3, 0.4) is 0 Å². The van der Waals surface area contributed by atoms with Crippen LogP contribution >= 0.6 is 0 Å². The quantitative estimate of drug-likeness (QED) is 0.594. The molecular formula is C19H24BN2+. The van der Waals surface area contributed by atoms with E-state index in [2.05, 4.69) is 52.9 Å². The lowest BCUT2D eigenvalue weighted by Gasteiger charge is -2.22. The standard InChI is InChI=1S/C19H24BN2/c1-15(2)11-16-9-10-21(3)19(12-16)20-13-17-7-5-6-8-18(17)14-22(20)4/h5-10,12-15H,11H2,1-4H3/q+1/i11D2. The van der Waals surface area contributed by atoms with Crippen LogP contribution in [0.1, 0.15) is 22.2 Å². The molecule has 3 rings (SSSR count). The molecule has 0 aliphatic carbocycles. The molecule has 1 aromatic carbocycles. The van der Waals surface area contributed by atoms with Gasteiger partial charge in [-0.3, -0.25) is 0 Å². The van der Waals surface area contributed by atoms with Gasteiger partial charge in [-0.25, -0.2) is 4.57 Å². The maximum absolute atomic E-state index is 8.40. The normalized spacial score (nSPS) is 15.7. The lowest BCUT2D eigenvalue weighted by atomic mass is 9.55. The molecule has 0 spiro atoms. The Hall–Kier alpha value is -2.03. The third-order valence-electron chi connectivity index (χ3n) is 4.06. The summed E-state index contributed by atoms with van der Waals surface area (Å²) in [4.78, 5) is 2.19. The van der Waals surface area contributed by atoms with Crippen molar-refractivity contribution in [2.45, 2.75) is 20.2 Å². The highest BCUT2D eigenvalue weighted by Gasteiger charge is 2.29. The maximum Gasteiger partial charge on any atom is 0.396 e. The van der Waals surface area contributed by atoms with Gasteiger partial charge < -0.3 is 4.81 Å². The van der Waals surface area contributed by atoms with Gasteiger partial charge in [0.15, 0.2) is 11.8 Å². The second-order valence-corrected chi connectivity index (χ2v) is 6.29. The van der Waals surface area contributed by atoms with Crippen LogP contribution in [0.25, 0.3) is 12.2 Å². The van der Waals surface area contributed by atoms with E-state index < -0.39 is 6.37 Å². The summed E-state index contributed by atoms with van der Waals surface area (Å²) in [7, 11) is 4.09. The summed E-state index contributed by atoms with van der Waals surface area (Å²) in [5.41, 5.74) is 1.83. The molecular weight excluding hydrogens is 267 g/mol. The number of nitrogens with zero attached hydrogens (tertiary/aromatic N) is 2. The molecule has 0 bridgehead atoms. The van der Waals surface area contributed by atoms with E-state index in [1.54, 1.807) is 0 Å². The SMILES string of the molecule is [2H]C([2H])(c1cc[n+](C)c(B2C=c3ccccc3=CN2C)c1)C(C)C. The topological polar surface area (TPSA) is 7.12 Å². The molecule has 3 heteroatoms. The lowest BCUT2D eigenvalue weighted by Crippen LogP contribution is -2.61. The zero-order valence-electron chi connectivity index (χ0n) is 15.7. The molecule has 1 aromatic heterocycles. The van der Waals surface area contributed by atoms with E-state index in [1.807, 2.05) is 39.2 Å². The van der Waals surface area contributed by atoms with Gasteiger partial charge in [0.2, 0.25) is 0 Å². The molecule has 22 heavy (non-hydrogen) atoms. The van der Waals surface area contributed by atoms with Crippen LogP contribution < -0.4 is 20.6 Å². The van der Waals surface area contributed by atoms with E-state index in [0.29, 0.717) is 0 Å². The Balaban J connectivity index is 2.12. The van der Waals surface area contributed by atoms with Crippen LogP contribution in [-0.4, -0.2) is 18.7 Å². The number of pyridine rings is 1. The molecule has 1 aliphatic heterocycles. The largest absolute Gasteiger partial charge is 0.411 e. The Morgan fingerprint density at radius 3 is 2.68 bits per heavy atom. The van der Waals surface area contributed by atoms with Crippen molar-refractivity contribution in [3.8, 4) is 0 Å². The molecule has 0 radical (unpaired) electrons. The molecule has 0 unspecified atom stereocenters. The summed E-state index contributed by atoms with van der Waals surface area (Å²) in [6.45, 7) is 3.94. The van der Waals surface area contributed by atoms with Crippen LogP contribution in [0.4, 0.5) is 0 Å². The molecule has 0 saturated carbocycles. The van der Waals surface area contributed by atoms with Gasteiger partial charge in [-0.2, -0.15) is 0 Å². The van der Waals surface area contributed by atoms with Crippen molar-refractivity contribution in [2.24, 2.45) is 13.0 Å². The van der Waals surface area contributed by atoms with Crippen LogP contribution in [0, 0.1) is 5.92 Å². The first-order valence-corrected chi connectivity index (χ1v) is 7.81. The second-order valence-electron chi connectivity index (χ2n) is 6.29. The average molecular weight is 293 g/mol. The van der Waals surface area contributed by atoms with Crippen molar-refractivity contribution in [3.05, 3.63) is 58.6 Å². The molecule has 2 heterocycles. The molecule has 112 valence electrons. The fourth-order valence-corrected chi connectivity index (χ4v) is 2.97. The van der Waals surface area contributed by atoms with E-state index >= 15 is 0 Å². The lowest BCUT2D eigenvalue weighted by molar-refractivity contribution is -0.654. The van der Waals surface area contributed by atoms with Gasteiger partial charge >= 0.3 is 6.85 Å². The highest BCUT2D eigenvalue weighted by Crippen LogP contribution is 2.06. The van der Waals surface area contributed by atoms with Crippen LogP contribution in [0.5, 0.6) is 0 Å². The van der Waals surface area contributed by atoms with Gasteiger partial charge in [-0.15, -0.1) is 0 Å². The Morgan fingerprint density at radius 1 is 1.23 bits per heavy atom. The average Bonchev–Trinajstić information content (AvgIpc) is 2.54. The molecule has 0 atom stereocenters. The summed E-state index contributed by atoms with van der Waals surface area (Å²) >= 11 is 0. The molecule has 0 fully saturated rings. The number of hydrogen-bond donors (Lipinski definition) is 0. The van der Waals surface area contributed by atoms with Gasteiger partial charge in [-0.1, -0.05) is 44.1 Å². The number of fused-ring (bicyclic) bond motifs is 1. The molecule has 2 nitrogen and oxygen atoms in total. The zero-order chi connectivity index (χ0) is 17.5. The Labute approximate surface area is 136 Å². The second kappa shape index (κ2) is 6.00. The first-order chi connectivity index (χ1) is 11.3. The number of aryl methyl sites for hydroxylation is 1. The van der Waals surface area contributed by atoms with Crippen molar-refractivity contribution in [1.29, 1.82) is 0 Å². The van der Waals surface area contributed by atoms with Gasteiger partial charge in [0.1, 0.15) is 7.05 Å². The highest BCUT2D eigenvalue weighted by molar-refractivity contribution is 6.82. The van der Waals surface area contributed by atoms with Crippen LogP contribution in [-0.2, 0) is 13.4 Å². The summed E-state index contributed by atoms with van der Waals surface area (Å²) in [6.07, 6.45) is 2.79. The third kappa shape index (κ3) is 2.94. The molecule has 2 aromatic rings. The van der Waals surface area contributed by atoms with Crippen molar-refractivity contribution < 1.29 is 7.31 Å². The predicted molar refractivity (Wildman–Crippen MR) is 93.9 cm³/mol. The molecule has 0 amide bonds. The zero-order valence-corrected chi connectivity index (χ0v) is 13.7. The minimum atomic E-state index is -1.34. The van der Waals surface area contributed by atoms with Gasteiger partial charge in [0, 0.05) is 14.9 Å². The van der Waals surface area contributed by atoms with Crippen molar-refractivity contribution in [1.82, 2.24) is 4.81 Å². The van der Waals surface area contributed by atoms with Crippen LogP contribution in [0.2, 0.25) is 0 Å². The number of rotatable bonds is 3. The fourth-order valence-electron chi connectivity index (χ4n) is 2.97. The number of hydrogen-bond acceptors (Lipinski definition) is 1. The van der Waals surface area contributed by atoms with Crippen LogP contribution in [0.15, 0.2) is 42.6 Å². The minimum Gasteiger partial charge on any atom is -0.411 e. The highest BCUT2D eigenvalue weighted by atomic mass is 15.0. The summed E-state index contributed by atoms with van der Waals surface area (Å²) in [5.74, 6) is 2.18. The summed E-state index contributed by atoms with van der Waals surface area (Å²) in [5, 5.41) is 2.44. The summed E-state index contributed by atoms with van der Waals surface area (Å²) in [6, 6.07) is 12.3. The Morgan fingerprint density at radius 2 is 1.95 bits per heavy atom. The predicted octanol–water partition coefficient (Wildman–Crippen LogP) is 0.611. The third-order valence-corrected chi connectivity index (χ3v) is 4.06. The van der Waals surface area contributed by atoms with E-state index in [4.69, 9.17) is 2.74 Å². The molecule has 0 N–H and O–H groups in total. The monoisotopic (exact) mass is 293 g/mol. The van der Waals surface area contributed by atoms with E-state index in [9.17, 15) is 0 Å². The first-order valence-electron chi connectivity index (χ1n) is 8.81. The van der Waals surface area contributed by atoms with Crippen molar-refractivity contribution in [2.75, 3.05) is 7.05 Å². The Kier molecular flexibility index (Phi) is 3.41. The molecule has 1 aliphatic rings. The van der Waals surface area contributed by atoms with Crippen molar-refractivity contribution >= 4 is 24.6 Å². The smallest absolute Gasteiger partial charge is 0.396 e. The van der Waals surface area contributed by atoms with Gasteiger partial charge in [0.05, 0.1) is 0 Å². The Bertz CT molecular complexity index is 877. The fraction of sp³-hybridized carbons (Fsp3) is 0.316.